The number of carbonyl (C=O) groups is 1. The van der Waals surface area contributed by atoms with E-state index in [0.29, 0.717) is 17.8 Å². The van der Waals surface area contributed by atoms with Crippen molar-refractivity contribution in [2.75, 3.05) is 19.6 Å². The Balaban J connectivity index is 2.39. The summed E-state index contributed by atoms with van der Waals surface area (Å²) in [5.74, 6) is 1.02. The standard InChI is InChI=1S/C14H28N4O/c1-10(2)13(19)12(17-11(3)4)6-5-8-18-9-7-16-14(18)15/h10-12,17H,5-9H2,1-4H3,(H2,15,16)/p+1/t12-/m0/s1. The van der Waals surface area contributed by atoms with Gasteiger partial charge in [0.15, 0.2) is 5.78 Å². The van der Waals surface area contributed by atoms with Crippen LogP contribution in [0.25, 0.3) is 0 Å². The van der Waals surface area contributed by atoms with E-state index in [1.54, 1.807) is 0 Å². The molecular formula is C14H29N4O+. The van der Waals surface area contributed by atoms with Crippen LogP contribution in [0.5, 0.6) is 0 Å². The van der Waals surface area contributed by atoms with Crippen molar-refractivity contribution in [3.63, 3.8) is 0 Å². The number of nitrogens with two attached hydrogens (primary N) is 1. The van der Waals surface area contributed by atoms with Gasteiger partial charge in [-0.15, -0.1) is 0 Å². The van der Waals surface area contributed by atoms with Crippen LogP contribution < -0.4 is 10.6 Å². The third-order valence-corrected chi connectivity index (χ3v) is 3.45. The molecular weight excluding hydrogens is 240 g/mol. The predicted octanol–water partition coefficient (Wildman–Crippen LogP) is 0.172. The number of carbonyl (C=O) groups excluding carboxylic acids is 1. The van der Waals surface area contributed by atoms with Crippen molar-refractivity contribution in [1.29, 1.82) is 5.41 Å². The maximum Gasteiger partial charge on any atom is 0.294 e. The summed E-state index contributed by atoms with van der Waals surface area (Å²) in [6.45, 7) is 10.9. The fourth-order valence-corrected chi connectivity index (χ4v) is 2.44. The zero-order valence-corrected chi connectivity index (χ0v) is 12.7. The number of ketones is 1. The second-order valence-electron chi connectivity index (χ2n) is 5.94. The number of nitrogens with zero attached hydrogens (tertiary/aromatic N) is 1. The molecule has 5 heteroatoms. The van der Waals surface area contributed by atoms with Gasteiger partial charge in [-0.05, 0) is 12.8 Å². The molecule has 0 radical (unpaired) electrons. The van der Waals surface area contributed by atoms with Crippen LogP contribution in [0.2, 0.25) is 0 Å². The van der Waals surface area contributed by atoms with Gasteiger partial charge >= 0.3 is 0 Å². The first-order valence-electron chi connectivity index (χ1n) is 7.38. The first-order chi connectivity index (χ1) is 8.91. The van der Waals surface area contributed by atoms with Gasteiger partial charge in [-0.25, -0.2) is 5.41 Å². The number of Topliss-reactive ketones (excluding diaryl/α,β-unsaturated/α-hetero) is 1. The molecule has 1 fully saturated rings. The Morgan fingerprint density at radius 1 is 1.42 bits per heavy atom. The maximum atomic E-state index is 12.1. The van der Waals surface area contributed by atoms with Crippen molar-refractivity contribution in [2.45, 2.75) is 52.6 Å². The molecule has 19 heavy (non-hydrogen) atoms. The lowest BCUT2D eigenvalue weighted by molar-refractivity contribution is -0.529. The minimum atomic E-state index is -0.0410. The van der Waals surface area contributed by atoms with Crippen LogP contribution in [-0.4, -0.2) is 48.4 Å². The number of hydrogen-bond acceptors (Lipinski definition) is 3. The molecule has 0 bridgehead atoms. The number of nitrogens with one attached hydrogen (secondary N) is 2. The van der Waals surface area contributed by atoms with E-state index >= 15 is 0 Å². The summed E-state index contributed by atoms with van der Waals surface area (Å²) in [4.78, 5) is 14.2. The zero-order chi connectivity index (χ0) is 14.4. The van der Waals surface area contributed by atoms with E-state index in [2.05, 4.69) is 24.1 Å². The summed E-state index contributed by atoms with van der Waals surface area (Å²) in [7, 11) is 0. The molecule has 0 aliphatic carbocycles. The van der Waals surface area contributed by atoms with Crippen LogP contribution in [0.15, 0.2) is 0 Å². The van der Waals surface area contributed by atoms with Crippen molar-refractivity contribution in [2.24, 2.45) is 5.92 Å². The second kappa shape index (κ2) is 7.60. The van der Waals surface area contributed by atoms with Gasteiger partial charge in [0.1, 0.15) is 6.54 Å². The molecule has 1 saturated heterocycles. The van der Waals surface area contributed by atoms with Gasteiger partial charge in [-0.1, -0.05) is 27.7 Å². The summed E-state index contributed by atoms with van der Waals surface area (Å²) in [6.07, 6.45) is 1.82. The normalized spacial score (nSPS) is 17.6. The van der Waals surface area contributed by atoms with E-state index in [0.717, 1.165) is 32.5 Å². The number of hydrogen-bond donors (Lipinski definition) is 3. The van der Waals surface area contributed by atoms with E-state index in [-0.39, 0.29) is 12.0 Å². The van der Waals surface area contributed by atoms with Crippen LogP contribution >= 0.6 is 0 Å². The van der Waals surface area contributed by atoms with Gasteiger partial charge in [0, 0.05) is 18.5 Å². The molecule has 0 aromatic rings. The molecule has 110 valence electrons. The Morgan fingerprint density at radius 2 is 2.11 bits per heavy atom. The van der Waals surface area contributed by atoms with Crippen LogP contribution in [0.1, 0.15) is 40.5 Å². The van der Waals surface area contributed by atoms with Crippen LogP contribution in [0.3, 0.4) is 0 Å². The molecule has 0 spiro atoms. The second-order valence-corrected chi connectivity index (χ2v) is 5.94. The van der Waals surface area contributed by atoms with E-state index in [4.69, 9.17) is 5.41 Å². The summed E-state index contributed by atoms with van der Waals surface area (Å²) in [5, 5.41) is 13.1. The van der Waals surface area contributed by atoms with Gasteiger partial charge in [0.2, 0.25) is 0 Å². The Bertz CT molecular complexity index is 315. The number of quaternary nitrogens is 1. The van der Waals surface area contributed by atoms with E-state index < -0.39 is 0 Å². The van der Waals surface area contributed by atoms with Gasteiger partial charge in [0.25, 0.3) is 5.96 Å². The average Bonchev–Trinajstić information content (AvgIpc) is 2.72. The molecule has 4 N–H and O–H groups in total. The minimum absolute atomic E-state index is 0.0410. The van der Waals surface area contributed by atoms with Crippen molar-refractivity contribution in [1.82, 2.24) is 10.2 Å². The summed E-state index contributed by atoms with van der Waals surface area (Å²) in [5.41, 5.74) is 0. The van der Waals surface area contributed by atoms with Crippen molar-refractivity contribution < 1.29 is 10.1 Å². The Hall–Kier alpha value is -0.940. The fraction of sp³-hybridized carbons (Fsp3) is 0.857. The SMILES string of the molecule is CC(C)N[C@@H](CCCN1CC[NH2+]C1=N)C(=O)C(C)C. The molecule has 0 amide bonds. The van der Waals surface area contributed by atoms with Gasteiger partial charge in [-0.2, -0.15) is 0 Å². The third kappa shape index (κ3) is 5.28. The lowest BCUT2D eigenvalue weighted by Crippen LogP contribution is -2.85. The highest BCUT2D eigenvalue weighted by molar-refractivity contribution is 5.85. The lowest BCUT2D eigenvalue weighted by Gasteiger charge is -2.23. The molecule has 1 heterocycles. The summed E-state index contributed by atoms with van der Waals surface area (Å²) >= 11 is 0. The predicted molar refractivity (Wildman–Crippen MR) is 77.2 cm³/mol. The molecule has 5 nitrogen and oxygen atoms in total. The molecule has 1 aliphatic heterocycles. The molecule has 0 unspecified atom stereocenters. The molecule has 1 aliphatic rings. The first-order valence-corrected chi connectivity index (χ1v) is 7.38. The zero-order valence-electron chi connectivity index (χ0n) is 12.7. The van der Waals surface area contributed by atoms with Crippen LogP contribution in [0, 0.1) is 11.3 Å². The van der Waals surface area contributed by atoms with Crippen molar-refractivity contribution in [3.05, 3.63) is 0 Å². The molecule has 0 aromatic carbocycles. The smallest absolute Gasteiger partial charge is 0.294 e. The summed E-state index contributed by atoms with van der Waals surface area (Å²) in [6, 6.07) is 0.284. The number of guanidine groups is 1. The molecule has 1 rings (SSSR count). The third-order valence-electron chi connectivity index (χ3n) is 3.45. The Labute approximate surface area is 116 Å². The minimum Gasteiger partial charge on any atom is -0.306 e. The number of rotatable bonds is 8. The highest BCUT2D eigenvalue weighted by Gasteiger charge is 2.24. The van der Waals surface area contributed by atoms with E-state index in [1.807, 2.05) is 19.2 Å². The van der Waals surface area contributed by atoms with Gasteiger partial charge in [0.05, 0.1) is 12.6 Å². The average molecular weight is 269 g/mol. The largest absolute Gasteiger partial charge is 0.306 e. The van der Waals surface area contributed by atoms with Crippen molar-refractivity contribution in [3.8, 4) is 0 Å². The van der Waals surface area contributed by atoms with E-state index in [1.165, 1.54) is 0 Å². The van der Waals surface area contributed by atoms with Gasteiger partial charge in [-0.3, -0.25) is 10.1 Å². The molecule has 1 atom stereocenters. The Kier molecular flexibility index (Phi) is 6.45. The van der Waals surface area contributed by atoms with Crippen LogP contribution in [-0.2, 0) is 4.79 Å². The quantitative estimate of drug-likeness (QED) is 0.588. The Morgan fingerprint density at radius 3 is 2.58 bits per heavy atom. The van der Waals surface area contributed by atoms with Crippen molar-refractivity contribution >= 4 is 11.7 Å². The summed E-state index contributed by atoms with van der Waals surface area (Å²) < 4.78 is 0. The first kappa shape index (κ1) is 16.1. The van der Waals surface area contributed by atoms with Gasteiger partial charge < -0.3 is 10.2 Å². The topological polar surface area (TPSA) is 72.8 Å². The fourth-order valence-electron chi connectivity index (χ4n) is 2.44. The van der Waals surface area contributed by atoms with Crippen LogP contribution in [0.4, 0.5) is 0 Å². The maximum absolute atomic E-state index is 12.1. The molecule has 0 aromatic heterocycles. The highest BCUT2D eigenvalue weighted by Crippen LogP contribution is 2.08. The highest BCUT2D eigenvalue weighted by atomic mass is 16.1. The van der Waals surface area contributed by atoms with E-state index in [9.17, 15) is 4.79 Å². The molecule has 0 saturated carbocycles. The monoisotopic (exact) mass is 269 g/mol. The lowest BCUT2D eigenvalue weighted by atomic mass is 9.97.